The molecule has 0 unspecified atom stereocenters. The number of carbonyl (C=O) groups excluding carboxylic acids is 1. The van der Waals surface area contributed by atoms with Crippen molar-refractivity contribution in [2.24, 2.45) is 0 Å². The molecule has 19 heavy (non-hydrogen) atoms. The highest BCUT2D eigenvalue weighted by atomic mass is 16.3. The van der Waals surface area contributed by atoms with Gasteiger partial charge in [0.15, 0.2) is 0 Å². The minimum Gasteiger partial charge on any atom is -0.508 e. The maximum atomic E-state index is 12.0. The number of benzene rings is 1. The summed E-state index contributed by atoms with van der Waals surface area (Å²) < 4.78 is 0. The van der Waals surface area contributed by atoms with Gasteiger partial charge in [-0.3, -0.25) is 4.79 Å². The van der Waals surface area contributed by atoms with E-state index in [0.717, 1.165) is 44.6 Å². The van der Waals surface area contributed by atoms with Gasteiger partial charge in [0.1, 0.15) is 5.75 Å². The maximum absolute atomic E-state index is 12.0. The molecule has 2 N–H and O–H groups in total. The Bertz CT molecular complexity index is 440. The molecule has 1 aromatic carbocycles. The van der Waals surface area contributed by atoms with Crippen molar-refractivity contribution in [3.63, 3.8) is 0 Å². The Morgan fingerprint density at radius 1 is 1.37 bits per heavy atom. The second-order valence-electron chi connectivity index (χ2n) is 5.10. The van der Waals surface area contributed by atoms with Crippen molar-refractivity contribution in [2.45, 2.75) is 26.2 Å². The number of phenolic OH excluding ortho intramolecular Hbond substituents is 1. The Hall–Kier alpha value is -1.55. The van der Waals surface area contributed by atoms with Gasteiger partial charge in [-0.15, -0.1) is 0 Å². The number of phenols is 1. The van der Waals surface area contributed by atoms with Gasteiger partial charge < -0.3 is 15.3 Å². The Kier molecular flexibility index (Phi) is 4.80. The highest BCUT2D eigenvalue weighted by Gasteiger charge is 2.15. The molecule has 0 aliphatic carbocycles. The molecule has 0 aromatic heterocycles. The summed E-state index contributed by atoms with van der Waals surface area (Å²) in [7, 11) is 0. The Morgan fingerprint density at radius 3 is 2.79 bits per heavy atom. The maximum Gasteiger partial charge on any atom is 0.222 e. The summed E-state index contributed by atoms with van der Waals surface area (Å²) in [6.45, 7) is 5.47. The first-order valence-electron chi connectivity index (χ1n) is 6.94. The number of carbonyl (C=O) groups is 1. The molecule has 0 spiro atoms. The van der Waals surface area contributed by atoms with Crippen molar-refractivity contribution in [3.05, 3.63) is 29.3 Å². The van der Waals surface area contributed by atoms with Crippen LogP contribution < -0.4 is 5.32 Å². The minimum absolute atomic E-state index is 0.262. The van der Waals surface area contributed by atoms with Gasteiger partial charge >= 0.3 is 0 Å². The molecule has 1 amide bonds. The van der Waals surface area contributed by atoms with Crippen molar-refractivity contribution < 1.29 is 9.90 Å². The van der Waals surface area contributed by atoms with E-state index >= 15 is 0 Å². The molecule has 1 aromatic rings. The molecular formula is C15H22N2O2. The van der Waals surface area contributed by atoms with Crippen LogP contribution >= 0.6 is 0 Å². The van der Waals surface area contributed by atoms with Gasteiger partial charge in [-0.2, -0.15) is 0 Å². The number of amides is 1. The average Bonchev–Trinajstić information content (AvgIpc) is 2.42. The molecule has 1 aliphatic rings. The van der Waals surface area contributed by atoms with E-state index in [9.17, 15) is 9.90 Å². The highest BCUT2D eigenvalue weighted by Crippen LogP contribution is 2.17. The molecule has 2 rings (SSSR count). The number of rotatable bonds is 4. The lowest BCUT2D eigenvalue weighted by Gasteiger charge is -2.27. The van der Waals surface area contributed by atoms with Gasteiger partial charge in [0, 0.05) is 32.6 Å². The van der Waals surface area contributed by atoms with Crippen LogP contribution in [0.25, 0.3) is 0 Å². The molecular weight excluding hydrogens is 240 g/mol. The molecule has 0 radical (unpaired) electrons. The van der Waals surface area contributed by atoms with Crippen molar-refractivity contribution in [2.75, 3.05) is 26.2 Å². The second kappa shape index (κ2) is 6.57. The zero-order chi connectivity index (χ0) is 13.7. The largest absolute Gasteiger partial charge is 0.508 e. The van der Waals surface area contributed by atoms with Gasteiger partial charge in [-0.1, -0.05) is 6.07 Å². The molecule has 0 saturated carbocycles. The van der Waals surface area contributed by atoms with Crippen LogP contribution in [0.4, 0.5) is 0 Å². The topological polar surface area (TPSA) is 52.6 Å². The normalized spacial score (nSPS) is 15.5. The third kappa shape index (κ3) is 3.96. The van der Waals surface area contributed by atoms with Crippen LogP contribution in [0.2, 0.25) is 0 Å². The van der Waals surface area contributed by atoms with E-state index in [1.807, 2.05) is 17.9 Å². The third-order valence-corrected chi connectivity index (χ3v) is 3.63. The van der Waals surface area contributed by atoms with E-state index in [0.29, 0.717) is 12.2 Å². The van der Waals surface area contributed by atoms with Crippen molar-refractivity contribution in [3.8, 4) is 5.75 Å². The van der Waals surface area contributed by atoms with Crippen LogP contribution in [0.5, 0.6) is 5.75 Å². The standard InChI is InChI=1S/C15H22N2O2/c1-12-11-14(18)6-5-13(12)3-2-4-15(19)17-9-7-16-8-10-17/h5-6,11,16,18H,2-4,7-10H2,1H3. The van der Waals surface area contributed by atoms with Gasteiger partial charge in [0.2, 0.25) is 5.91 Å². The average molecular weight is 262 g/mol. The van der Waals surface area contributed by atoms with Crippen molar-refractivity contribution in [1.29, 1.82) is 0 Å². The lowest BCUT2D eigenvalue weighted by atomic mass is 10.0. The van der Waals surface area contributed by atoms with E-state index in [-0.39, 0.29) is 5.91 Å². The second-order valence-corrected chi connectivity index (χ2v) is 5.10. The molecule has 4 nitrogen and oxygen atoms in total. The predicted octanol–water partition coefficient (Wildman–Crippen LogP) is 1.46. The van der Waals surface area contributed by atoms with Gasteiger partial charge in [0.25, 0.3) is 0 Å². The summed E-state index contributed by atoms with van der Waals surface area (Å²) in [5, 5.41) is 12.6. The van der Waals surface area contributed by atoms with E-state index in [1.54, 1.807) is 12.1 Å². The number of hydrogen-bond acceptors (Lipinski definition) is 3. The zero-order valence-electron chi connectivity index (χ0n) is 11.5. The molecule has 1 saturated heterocycles. The van der Waals surface area contributed by atoms with Crippen LogP contribution in [-0.2, 0) is 11.2 Å². The molecule has 1 heterocycles. The first kappa shape index (κ1) is 13.9. The van der Waals surface area contributed by atoms with Crippen molar-refractivity contribution >= 4 is 5.91 Å². The summed E-state index contributed by atoms with van der Waals surface area (Å²) in [6, 6.07) is 5.42. The fourth-order valence-corrected chi connectivity index (χ4v) is 2.46. The molecule has 1 fully saturated rings. The fraction of sp³-hybridized carbons (Fsp3) is 0.533. The number of aromatic hydroxyl groups is 1. The molecule has 1 aliphatic heterocycles. The first-order chi connectivity index (χ1) is 9.16. The lowest BCUT2D eigenvalue weighted by molar-refractivity contribution is -0.131. The first-order valence-corrected chi connectivity index (χ1v) is 6.94. The number of hydrogen-bond donors (Lipinski definition) is 2. The van der Waals surface area contributed by atoms with E-state index in [4.69, 9.17) is 0 Å². The van der Waals surface area contributed by atoms with Gasteiger partial charge in [-0.25, -0.2) is 0 Å². The Balaban J connectivity index is 1.78. The van der Waals surface area contributed by atoms with E-state index in [1.165, 1.54) is 5.56 Å². The van der Waals surface area contributed by atoms with Crippen LogP contribution in [0, 0.1) is 6.92 Å². The van der Waals surface area contributed by atoms with Crippen LogP contribution in [0.1, 0.15) is 24.0 Å². The lowest BCUT2D eigenvalue weighted by Crippen LogP contribution is -2.46. The molecule has 4 heteroatoms. The molecule has 0 atom stereocenters. The highest BCUT2D eigenvalue weighted by molar-refractivity contribution is 5.76. The number of aryl methyl sites for hydroxylation is 2. The molecule has 0 bridgehead atoms. The SMILES string of the molecule is Cc1cc(O)ccc1CCCC(=O)N1CCNCC1. The van der Waals surface area contributed by atoms with Crippen LogP contribution in [-0.4, -0.2) is 42.1 Å². The van der Waals surface area contributed by atoms with Crippen molar-refractivity contribution in [1.82, 2.24) is 10.2 Å². The predicted molar refractivity (Wildman–Crippen MR) is 75.2 cm³/mol. The minimum atomic E-state index is 0.262. The summed E-state index contributed by atoms with van der Waals surface area (Å²) in [4.78, 5) is 13.9. The summed E-state index contributed by atoms with van der Waals surface area (Å²) in [5.41, 5.74) is 2.31. The van der Waals surface area contributed by atoms with E-state index < -0.39 is 0 Å². The van der Waals surface area contributed by atoms with Crippen LogP contribution in [0.15, 0.2) is 18.2 Å². The zero-order valence-corrected chi connectivity index (χ0v) is 11.5. The monoisotopic (exact) mass is 262 g/mol. The van der Waals surface area contributed by atoms with Crippen LogP contribution in [0.3, 0.4) is 0 Å². The summed E-state index contributed by atoms with van der Waals surface area (Å²) in [6.07, 6.45) is 2.37. The third-order valence-electron chi connectivity index (χ3n) is 3.63. The Morgan fingerprint density at radius 2 is 2.11 bits per heavy atom. The smallest absolute Gasteiger partial charge is 0.222 e. The Labute approximate surface area is 114 Å². The van der Waals surface area contributed by atoms with Gasteiger partial charge in [0.05, 0.1) is 0 Å². The van der Waals surface area contributed by atoms with Gasteiger partial charge in [-0.05, 0) is 43.0 Å². The number of piperazine rings is 1. The number of nitrogens with one attached hydrogen (secondary N) is 1. The summed E-state index contributed by atoms with van der Waals surface area (Å²) in [5.74, 6) is 0.566. The number of nitrogens with zero attached hydrogens (tertiary/aromatic N) is 1. The van der Waals surface area contributed by atoms with E-state index in [2.05, 4.69) is 5.32 Å². The quantitative estimate of drug-likeness (QED) is 0.863. The summed E-state index contributed by atoms with van der Waals surface area (Å²) >= 11 is 0. The molecule has 104 valence electrons. The fourth-order valence-electron chi connectivity index (χ4n) is 2.46.